The molecule has 2 heterocycles. The van der Waals surface area contributed by atoms with Crippen molar-refractivity contribution in [1.29, 1.82) is 0 Å². The van der Waals surface area contributed by atoms with Crippen LogP contribution in [0.4, 0.5) is 0 Å². The second-order valence-corrected chi connectivity index (χ2v) is 9.08. The first kappa shape index (κ1) is 21.6. The molecule has 2 aromatic rings. The molecule has 1 aliphatic carbocycles. The van der Waals surface area contributed by atoms with Gasteiger partial charge >= 0.3 is 0 Å². The summed E-state index contributed by atoms with van der Waals surface area (Å²) in [5.74, 6) is -0.144. The minimum Gasteiger partial charge on any atom is -0.354 e. The number of benzene rings is 1. The lowest BCUT2D eigenvalue weighted by Gasteiger charge is -2.33. The fourth-order valence-electron chi connectivity index (χ4n) is 4.70. The summed E-state index contributed by atoms with van der Waals surface area (Å²) in [6.07, 6.45) is 3.67. The van der Waals surface area contributed by atoms with Crippen molar-refractivity contribution < 1.29 is 14.4 Å². The number of thiophene rings is 1. The Kier molecular flexibility index (Phi) is 7.02. The molecule has 1 N–H and O–H groups in total. The maximum absolute atomic E-state index is 13.3. The van der Waals surface area contributed by atoms with Crippen LogP contribution >= 0.6 is 11.3 Å². The molecule has 2 aliphatic rings. The van der Waals surface area contributed by atoms with Gasteiger partial charge in [-0.3, -0.25) is 14.4 Å². The van der Waals surface area contributed by atoms with E-state index >= 15 is 0 Å². The number of carbonyl (C=O) groups excluding carboxylic acids is 3. The second-order valence-electron chi connectivity index (χ2n) is 8.30. The zero-order valence-corrected chi connectivity index (χ0v) is 18.5. The first-order chi connectivity index (χ1) is 15.1. The fourth-order valence-corrected chi connectivity index (χ4v) is 5.37. The molecule has 1 saturated heterocycles. The summed E-state index contributed by atoms with van der Waals surface area (Å²) >= 11 is 1.58. The van der Waals surface area contributed by atoms with Crippen molar-refractivity contribution >= 4 is 29.1 Å². The summed E-state index contributed by atoms with van der Waals surface area (Å²) < 4.78 is 0. The number of nitrogens with zero attached hydrogens (tertiary/aromatic N) is 2. The van der Waals surface area contributed by atoms with Crippen LogP contribution < -0.4 is 5.32 Å². The molecule has 1 aromatic carbocycles. The highest BCUT2D eigenvalue weighted by Gasteiger charge is 2.39. The van der Waals surface area contributed by atoms with Crippen molar-refractivity contribution in [2.24, 2.45) is 5.92 Å². The highest BCUT2D eigenvalue weighted by Crippen LogP contribution is 2.31. The SMILES string of the molecule is O=C1NCCN(C(=O)Cc2ccsc2)CCCN(C(=O)c2ccccc2)[C@H]2CCC[C@@H]12. The van der Waals surface area contributed by atoms with Crippen molar-refractivity contribution in [3.63, 3.8) is 0 Å². The Morgan fingerprint density at radius 1 is 1.03 bits per heavy atom. The molecule has 1 aliphatic heterocycles. The highest BCUT2D eigenvalue weighted by molar-refractivity contribution is 7.08. The molecule has 2 atom stereocenters. The molecule has 6 nitrogen and oxygen atoms in total. The van der Waals surface area contributed by atoms with Gasteiger partial charge in [-0.2, -0.15) is 11.3 Å². The lowest BCUT2D eigenvalue weighted by atomic mass is 9.99. The Labute approximate surface area is 187 Å². The Hall–Kier alpha value is -2.67. The van der Waals surface area contributed by atoms with Crippen molar-refractivity contribution in [3.05, 3.63) is 58.3 Å². The number of amides is 3. The molecule has 1 aromatic heterocycles. The quantitative estimate of drug-likeness (QED) is 0.800. The molecule has 0 unspecified atom stereocenters. The van der Waals surface area contributed by atoms with E-state index in [1.807, 2.05) is 57.0 Å². The standard InChI is InChI=1S/C24H29N3O3S/c28-22(16-18-10-15-31-17-18)26-12-5-13-27(24(30)19-6-2-1-3-7-19)21-9-4-8-20(21)23(29)25-11-14-26/h1-3,6-7,10,15,17,20-21H,4-5,8-9,11-14,16H2,(H,25,29)/t20-,21+/m1/s1. The van der Waals surface area contributed by atoms with Gasteiger partial charge in [0.05, 0.1) is 12.3 Å². The molecule has 0 radical (unpaired) electrons. The number of nitrogens with one attached hydrogen (secondary N) is 1. The number of rotatable bonds is 3. The number of carbonyl (C=O) groups is 3. The van der Waals surface area contributed by atoms with Gasteiger partial charge in [0.1, 0.15) is 0 Å². The molecule has 7 heteroatoms. The highest BCUT2D eigenvalue weighted by atomic mass is 32.1. The van der Waals surface area contributed by atoms with Gasteiger partial charge < -0.3 is 15.1 Å². The van der Waals surface area contributed by atoms with Crippen LogP contribution in [0.2, 0.25) is 0 Å². The van der Waals surface area contributed by atoms with E-state index in [1.54, 1.807) is 11.3 Å². The average Bonchev–Trinajstić information content (AvgIpc) is 3.47. The molecule has 1 saturated carbocycles. The van der Waals surface area contributed by atoms with Crippen molar-refractivity contribution in [1.82, 2.24) is 15.1 Å². The zero-order valence-electron chi connectivity index (χ0n) is 17.7. The Balaban J connectivity index is 1.52. The van der Waals surface area contributed by atoms with Crippen LogP contribution in [0.3, 0.4) is 0 Å². The van der Waals surface area contributed by atoms with Crippen LogP contribution in [0.5, 0.6) is 0 Å². The van der Waals surface area contributed by atoms with Crippen LogP contribution in [0.15, 0.2) is 47.2 Å². The lowest BCUT2D eigenvalue weighted by molar-refractivity contribution is -0.131. The van der Waals surface area contributed by atoms with E-state index in [9.17, 15) is 14.4 Å². The third kappa shape index (κ3) is 5.15. The van der Waals surface area contributed by atoms with E-state index in [0.29, 0.717) is 44.6 Å². The van der Waals surface area contributed by atoms with Crippen molar-refractivity contribution in [2.45, 2.75) is 38.1 Å². The summed E-state index contributed by atoms with van der Waals surface area (Å²) in [7, 11) is 0. The number of hydrogen-bond donors (Lipinski definition) is 1. The zero-order chi connectivity index (χ0) is 21.6. The van der Waals surface area contributed by atoms with Gasteiger partial charge in [0.15, 0.2) is 0 Å². The van der Waals surface area contributed by atoms with E-state index in [0.717, 1.165) is 24.8 Å². The molecule has 2 fully saturated rings. The minimum absolute atomic E-state index is 0.000459. The van der Waals surface area contributed by atoms with E-state index < -0.39 is 0 Å². The van der Waals surface area contributed by atoms with E-state index in [4.69, 9.17) is 0 Å². The second kappa shape index (κ2) is 10.1. The topological polar surface area (TPSA) is 69.7 Å². The lowest BCUT2D eigenvalue weighted by Crippen LogP contribution is -2.47. The molecule has 3 amide bonds. The summed E-state index contributed by atoms with van der Waals surface area (Å²) in [4.78, 5) is 42.8. The normalized spacial score (nSPS) is 22.4. The predicted molar refractivity (Wildman–Crippen MR) is 121 cm³/mol. The fraction of sp³-hybridized carbons (Fsp3) is 0.458. The monoisotopic (exact) mass is 439 g/mol. The van der Waals surface area contributed by atoms with Crippen molar-refractivity contribution in [2.75, 3.05) is 26.2 Å². The van der Waals surface area contributed by atoms with Gasteiger partial charge in [0.2, 0.25) is 11.8 Å². The van der Waals surface area contributed by atoms with E-state index in [2.05, 4.69) is 5.32 Å². The van der Waals surface area contributed by atoms with Crippen LogP contribution in [0.25, 0.3) is 0 Å². The molecule has 164 valence electrons. The summed E-state index contributed by atoms with van der Waals surface area (Å²) in [6, 6.07) is 11.2. The number of hydrogen-bond acceptors (Lipinski definition) is 4. The molecular formula is C24H29N3O3S. The van der Waals surface area contributed by atoms with Crippen molar-refractivity contribution in [3.8, 4) is 0 Å². The largest absolute Gasteiger partial charge is 0.354 e. The third-order valence-corrected chi connectivity index (χ3v) is 7.03. The maximum Gasteiger partial charge on any atom is 0.254 e. The Bertz CT molecular complexity index is 900. The summed E-state index contributed by atoms with van der Waals surface area (Å²) in [6.45, 7) is 2.07. The molecule has 0 bridgehead atoms. The van der Waals surface area contributed by atoms with Crippen LogP contribution in [-0.4, -0.2) is 59.7 Å². The van der Waals surface area contributed by atoms with Gasteiger partial charge in [-0.1, -0.05) is 24.6 Å². The van der Waals surface area contributed by atoms with E-state index in [-0.39, 0.29) is 29.7 Å². The Morgan fingerprint density at radius 3 is 2.65 bits per heavy atom. The van der Waals surface area contributed by atoms with E-state index in [1.165, 1.54) is 0 Å². The number of fused-ring (bicyclic) bond motifs is 1. The Morgan fingerprint density at radius 2 is 1.87 bits per heavy atom. The van der Waals surface area contributed by atoms with Gasteiger partial charge in [0, 0.05) is 37.8 Å². The van der Waals surface area contributed by atoms with Crippen LogP contribution in [0, 0.1) is 5.92 Å². The maximum atomic E-state index is 13.3. The molecular weight excluding hydrogens is 410 g/mol. The van der Waals surface area contributed by atoms with Gasteiger partial charge in [-0.25, -0.2) is 0 Å². The predicted octanol–water partition coefficient (Wildman–Crippen LogP) is 2.95. The van der Waals surface area contributed by atoms with Crippen LogP contribution in [0.1, 0.15) is 41.6 Å². The molecule has 0 spiro atoms. The third-order valence-electron chi connectivity index (χ3n) is 6.29. The summed E-state index contributed by atoms with van der Waals surface area (Å²) in [5, 5.41) is 6.99. The molecule has 31 heavy (non-hydrogen) atoms. The smallest absolute Gasteiger partial charge is 0.254 e. The minimum atomic E-state index is -0.180. The summed E-state index contributed by atoms with van der Waals surface area (Å²) in [5.41, 5.74) is 1.66. The van der Waals surface area contributed by atoms with Gasteiger partial charge in [-0.15, -0.1) is 0 Å². The average molecular weight is 440 g/mol. The van der Waals surface area contributed by atoms with Crippen LogP contribution in [-0.2, 0) is 16.0 Å². The first-order valence-electron chi connectivity index (χ1n) is 11.1. The van der Waals surface area contributed by atoms with Gasteiger partial charge in [0.25, 0.3) is 5.91 Å². The molecule has 4 rings (SSSR count). The van der Waals surface area contributed by atoms with Gasteiger partial charge in [-0.05, 0) is 53.8 Å². The first-order valence-corrected chi connectivity index (χ1v) is 12.0.